The van der Waals surface area contributed by atoms with Crippen molar-refractivity contribution in [3.05, 3.63) is 77.3 Å². The predicted octanol–water partition coefficient (Wildman–Crippen LogP) is 5.56. The Hall–Kier alpha value is -3.55. The van der Waals surface area contributed by atoms with E-state index in [-0.39, 0.29) is 41.2 Å². The van der Waals surface area contributed by atoms with Gasteiger partial charge in [0.25, 0.3) is 0 Å². The molecule has 208 valence electrons. The highest BCUT2D eigenvalue weighted by Gasteiger charge is 2.28. The van der Waals surface area contributed by atoms with Crippen molar-refractivity contribution in [3.63, 3.8) is 0 Å². The minimum Gasteiger partial charge on any atom is -0.497 e. The topological polar surface area (TPSA) is 118 Å². The molecule has 40 heavy (non-hydrogen) atoms. The third-order valence-corrected chi connectivity index (χ3v) is 8.74. The minimum absolute atomic E-state index is 0.0448. The number of azo groups is 1. The molecule has 0 atom stereocenters. The van der Waals surface area contributed by atoms with Crippen LogP contribution in [0.2, 0.25) is 5.02 Å². The molecule has 13 heteroatoms. The van der Waals surface area contributed by atoms with E-state index < -0.39 is 10.0 Å². The number of hydrogen-bond acceptors (Lipinski definition) is 7. The zero-order chi connectivity index (χ0) is 28.3. The molecule has 1 aromatic heterocycles. The first kappa shape index (κ1) is 28.0. The van der Waals surface area contributed by atoms with E-state index in [1.165, 1.54) is 16.4 Å². The molecule has 2 N–H and O–H groups in total. The van der Waals surface area contributed by atoms with Crippen LogP contribution in [0, 0.1) is 0 Å². The molecule has 0 amide bonds. The quantitative estimate of drug-likeness (QED) is 0.211. The molecule has 1 aliphatic rings. The molecule has 1 saturated heterocycles. The van der Waals surface area contributed by atoms with Crippen molar-refractivity contribution in [3.8, 4) is 11.6 Å². The normalized spacial score (nSPS) is 14.6. The molecule has 2 heterocycles. The number of aromatic nitrogens is 1. The maximum atomic E-state index is 13.4. The van der Waals surface area contributed by atoms with Crippen molar-refractivity contribution in [1.29, 1.82) is 0 Å². The van der Waals surface area contributed by atoms with Crippen molar-refractivity contribution in [2.24, 2.45) is 10.2 Å². The minimum atomic E-state index is -3.79. The summed E-state index contributed by atoms with van der Waals surface area (Å²) in [5.74, 6) is 0.459. The van der Waals surface area contributed by atoms with Crippen LogP contribution in [-0.2, 0) is 21.3 Å². The summed E-state index contributed by atoms with van der Waals surface area (Å²) in [4.78, 5) is 0.0825. The van der Waals surface area contributed by atoms with Gasteiger partial charge in [-0.15, -0.1) is 10.2 Å². The lowest BCUT2D eigenvalue weighted by Gasteiger charge is -2.26. The highest BCUT2D eigenvalue weighted by atomic mass is 35.5. The molecule has 0 saturated carbocycles. The van der Waals surface area contributed by atoms with Crippen LogP contribution in [0.25, 0.3) is 10.9 Å². The summed E-state index contributed by atoms with van der Waals surface area (Å²) in [6.07, 6.45) is 0. The molecule has 1 fully saturated rings. The van der Waals surface area contributed by atoms with Crippen LogP contribution in [0.5, 0.6) is 11.6 Å². The Bertz CT molecular complexity index is 1680. The van der Waals surface area contributed by atoms with Gasteiger partial charge >= 0.3 is 0 Å². The van der Waals surface area contributed by atoms with Gasteiger partial charge in [0, 0.05) is 35.3 Å². The molecule has 5 rings (SSSR count). The zero-order valence-electron chi connectivity index (χ0n) is 21.4. The number of hydrogen-bond donors (Lipinski definition) is 2. The summed E-state index contributed by atoms with van der Waals surface area (Å²) in [7, 11) is -2.23. The Morgan fingerprint density at radius 3 is 2.60 bits per heavy atom. The van der Waals surface area contributed by atoms with E-state index in [9.17, 15) is 13.5 Å². The molecule has 0 aliphatic carbocycles. The van der Waals surface area contributed by atoms with E-state index in [0.29, 0.717) is 40.6 Å². The van der Waals surface area contributed by atoms with Gasteiger partial charge in [-0.1, -0.05) is 29.8 Å². The lowest BCUT2D eigenvalue weighted by Crippen LogP contribution is -2.40. The number of aromatic hydroxyl groups is 1. The molecular formula is C27H26ClN5O5S2. The van der Waals surface area contributed by atoms with Gasteiger partial charge in [-0.25, -0.2) is 8.42 Å². The van der Waals surface area contributed by atoms with Crippen LogP contribution < -0.4 is 10.1 Å². The van der Waals surface area contributed by atoms with Crippen LogP contribution in [-0.4, -0.2) is 60.9 Å². The summed E-state index contributed by atoms with van der Waals surface area (Å²) in [5.41, 5.74) is 2.20. The van der Waals surface area contributed by atoms with Gasteiger partial charge in [-0.2, -0.15) is 4.31 Å². The average molecular weight is 600 g/mol. The average Bonchev–Trinajstić information content (AvgIpc) is 3.23. The third kappa shape index (κ3) is 5.96. The van der Waals surface area contributed by atoms with E-state index in [2.05, 4.69) is 15.5 Å². The number of fused-ring (bicyclic) bond motifs is 1. The number of nitrogens with zero attached hydrogens (tertiary/aromatic N) is 4. The van der Waals surface area contributed by atoms with Crippen LogP contribution in [0.4, 0.5) is 11.4 Å². The van der Waals surface area contributed by atoms with Gasteiger partial charge in [-0.05, 0) is 60.2 Å². The van der Waals surface area contributed by atoms with Crippen LogP contribution >= 0.6 is 23.8 Å². The second-order valence-corrected chi connectivity index (χ2v) is 11.7. The maximum Gasteiger partial charge on any atom is 0.243 e. The van der Waals surface area contributed by atoms with Gasteiger partial charge in [0.1, 0.15) is 5.75 Å². The van der Waals surface area contributed by atoms with Crippen molar-refractivity contribution >= 4 is 61.2 Å². The zero-order valence-corrected chi connectivity index (χ0v) is 23.8. The fourth-order valence-corrected chi connectivity index (χ4v) is 6.09. The standard InChI is InChI=1S/C27H26ClN5O5S2/c1-37-21-4-2-3-20(15-21)29-27(39)31-30-25-23-16-22(40(35,36)32-11-13-38-14-12-32)9-10-24(23)33(26(25)34)17-18-5-7-19(28)8-6-18/h2-10,15-16,34H,11-14,17H2,1H3,(H,29,39). The highest BCUT2D eigenvalue weighted by Crippen LogP contribution is 2.41. The first-order valence-electron chi connectivity index (χ1n) is 12.3. The number of thiocarbonyl (C=S) groups is 1. The molecule has 0 bridgehead atoms. The fourth-order valence-electron chi connectivity index (χ4n) is 4.37. The predicted molar refractivity (Wildman–Crippen MR) is 157 cm³/mol. The Morgan fingerprint density at radius 2 is 1.88 bits per heavy atom. The summed E-state index contributed by atoms with van der Waals surface area (Å²) >= 11 is 11.4. The maximum absolute atomic E-state index is 13.4. The Morgan fingerprint density at radius 1 is 1.12 bits per heavy atom. The summed E-state index contributed by atoms with van der Waals surface area (Å²) in [5, 5.41) is 23.6. The van der Waals surface area contributed by atoms with Gasteiger partial charge in [0.2, 0.25) is 21.0 Å². The molecule has 1 aliphatic heterocycles. The van der Waals surface area contributed by atoms with E-state index in [0.717, 1.165) is 5.56 Å². The van der Waals surface area contributed by atoms with Crippen LogP contribution in [0.15, 0.2) is 81.9 Å². The van der Waals surface area contributed by atoms with Crippen molar-refractivity contribution in [2.45, 2.75) is 11.4 Å². The number of sulfonamides is 1. The van der Waals surface area contributed by atoms with E-state index >= 15 is 0 Å². The lowest BCUT2D eigenvalue weighted by atomic mass is 10.2. The molecule has 0 radical (unpaired) electrons. The van der Waals surface area contributed by atoms with Crippen molar-refractivity contribution in [2.75, 3.05) is 38.7 Å². The van der Waals surface area contributed by atoms with E-state index in [1.807, 2.05) is 12.1 Å². The monoisotopic (exact) mass is 599 g/mol. The van der Waals surface area contributed by atoms with E-state index in [4.69, 9.17) is 33.3 Å². The summed E-state index contributed by atoms with van der Waals surface area (Å²) in [6.45, 7) is 1.48. The molecule has 0 spiro atoms. The number of halogens is 1. The van der Waals surface area contributed by atoms with Crippen LogP contribution in [0.1, 0.15) is 5.56 Å². The number of ether oxygens (including phenoxy) is 2. The largest absolute Gasteiger partial charge is 0.497 e. The van der Waals surface area contributed by atoms with Crippen molar-refractivity contribution in [1.82, 2.24) is 8.87 Å². The first-order chi connectivity index (χ1) is 19.3. The Labute approximate surface area is 241 Å². The summed E-state index contributed by atoms with van der Waals surface area (Å²) < 4.78 is 40.3. The first-order valence-corrected chi connectivity index (χ1v) is 14.5. The van der Waals surface area contributed by atoms with E-state index in [1.54, 1.807) is 54.1 Å². The van der Waals surface area contributed by atoms with Gasteiger partial charge in [-0.3, -0.25) is 0 Å². The molecule has 10 nitrogen and oxygen atoms in total. The Balaban J connectivity index is 1.54. The Kier molecular flexibility index (Phi) is 8.33. The van der Waals surface area contributed by atoms with Gasteiger partial charge in [0.15, 0.2) is 5.69 Å². The second-order valence-electron chi connectivity index (χ2n) is 8.94. The third-order valence-electron chi connectivity index (χ3n) is 6.41. The summed E-state index contributed by atoms with van der Waals surface area (Å²) in [6, 6.07) is 19.0. The number of anilines is 1. The fraction of sp³-hybridized carbons (Fsp3) is 0.222. The molecular weight excluding hydrogens is 574 g/mol. The number of benzene rings is 3. The highest BCUT2D eigenvalue weighted by molar-refractivity contribution is 7.89. The number of morpholine rings is 1. The van der Waals surface area contributed by atoms with Crippen molar-refractivity contribution < 1.29 is 23.0 Å². The number of nitrogens with one attached hydrogen (secondary N) is 1. The number of rotatable bonds is 7. The van der Waals surface area contributed by atoms with Gasteiger partial charge in [0.05, 0.1) is 37.3 Å². The second kappa shape index (κ2) is 11.9. The molecule has 4 aromatic rings. The van der Waals surface area contributed by atoms with Crippen LogP contribution in [0.3, 0.4) is 0 Å². The number of methoxy groups -OCH3 is 1. The smallest absolute Gasteiger partial charge is 0.243 e. The SMILES string of the molecule is COc1cccc(NC(=S)N=Nc2c(O)n(Cc3ccc(Cl)cc3)c3ccc(S(=O)(=O)N4CCOCC4)cc23)c1. The molecule has 3 aromatic carbocycles. The molecule has 0 unspecified atom stereocenters. The van der Waals surface area contributed by atoms with Gasteiger partial charge < -0.3 is 24.5 Å². The lowest BCUT2D eigenvalue weighted by molar-refractivity contribution is 0.0730.